The number of likely N-dealkylation sites (N-methyl/N-ethyl adjacent to an activating group) is 1. The summed E-state index contributed by atoms with van der Waals surface area (Å²) in [5.74, 6) is 0.242. The van der Waals surface area contributed by atoms with E-state index in [1.54, 1.807) is 6.07 Å². The van der Waals surface area contributed by atoms with Crippen molar-refractivity contribution in [2.75, 3.05) is 25.5 Å². The van der Waals surface area contributed by atoms with Gasteiger partial charge in [0.05, 0.1) is 35.9 Å². The number of hydrogen-bond acceptors (Lipinski definition) is 7. The summed E-state index contributed by atoms with van der Waals surface area (Å²) in [6.07, 6.45) is 2.45. The minimum absolute atomic E-state index is 0.0729. The summed E-state index contributed by atoms with van der Waals surface area (Å²) in [4.78, 5) is 22.7. The van der Waals surface area contributed by atoms with Gasteiger partial charge in [-0.1, -0.05) is 11.3 Å². The third kappa shape index (κ3) is 3.84. The average Bonchev–Trinajstić information content (AvgIpc) is 3.23. The van der Waals surface area contributed by atoms with Crippen LogP contribution in [0.2, 0.25) is 0 Å². The summed E-state index contributed by atoms with van der Waals surface area (Å²) in [7, 11) is -2.48. The number of thiazole rings is 1. The Labute approximate surface area is 154 Å². The minimum Gasteiger partial charge on any atom is -0.494 e. The van der Waals surface area contributed by atoms with Crippen LogP contribution in [0.3, 0.4) is 0 Å². The first-order valence-corrected chi connectivity index (χ1v) is 9.93. The van der Waals surface area contributed by atoms with Crippen LogP contribution in [0.4, 0.5) is 5.13 Å². The number of fused-ring (bicyclic) bond motifs is 1. The van der Waals surface area contributed by atoms with Gasteiger partial charge in [0.2, 0.25) is 5.91 Å². The number of carbonyl (C=O) groups excluding carboxylic acids is 1. The fourth-order valence-corrected chi connectivity index (χ4v) is 4.14. The molecule has 1 aromatic carbocycles. The lowest BCUT2D eigenvalue weighted by Gasteiger charge is -2.14. The number of sulfonamides is 1. The van der Waals surface area contributed by atoms with E-state index in [-0.39, 0.29) is 11.6 Å². The molecular weight excluding hydrogens is 378 g/mol. The lowest BCUT2D eigenvalue weighted by Crippen LogP contribution is -2.35. The van der Waals surface area contributed by atoms with E-state index in [1.807, 2.05) is 19.1 Å². The van der Waals surface area contributed by atoms with Gasteiger partial charge < -0.3 is 15.0 Å². The van der Waals surface area contributed by atoms with E-state index < -0.39 is 15.9 Å². The van der Waals surface area contributed by atoms with Gasteiger partial charge in [0.25, 0.3) is 10.0 Å². The molecule has 2 aromatic heterocycles. The maximum absolute atomic E-state index is 12.3. The molecule has 9 nitrogen and oxygen atoms in total. The molecule has 0 aliphatic carbocycles. The molecule has 0 saturated heterocycles. The highest BCUT2D eigenvalue weighted by atomic mass is 32.2. The van der Waals surface area contributed by atoms with Crippen LogP contribution in [0.1, 0.15) is 6.92 Å². The zero-order chi connectivity index (χ0) is 18.7. The SMILES string of the molecule is CCOc1ccc2nc(NC(=O)CN(C)S(=O)(=O)c3cnc[nH]3)sc2c1. The van der Waals surface area contributed by atoms with Crippen molar-refractivity contribution >= 4 is 42.6 Å². The summed E-state index contributed by atoms with van der Waals surface area (Å²) in [5, 5.41) is 2.95. The van der Waals surface area contributed by atoms with Crippen molar-refractivity contribution < 1.29 is 17.9 Å². The van der Waals surface area contributed by atoms with E-state index in [1.165, 1.54) is 30.9 Å². The summed E-state index contributed by atoms with van der Waals surface area (Å²) in [5.41, 5.74) is 0.729. The predicted molar refractivity (Wildman–Crippen MR) is 97.8 cm³/mol. The molecule has 0 aliphatic heterocycles. The second kappa shape index (κ2) is 7.40. The van der Waals surface area contributed by atoms with Gasteiger partial charge >= 0.3 is 0 Å². The van der Waals surface area contributed by atoms with Crippen molar-refractivity contribution in [2.45, 2.75) is 11.9 Å². The first-order chi connectivity index (χ1) is 12.4. The zero-order valence-corrected chi connectivity index (χ0v) is 15.7. The number of nitrogens with zero attached hydrogens (tertiary/aromatic N) is 3. The van der Waals surface area contributed by atoms with E-state index in [2.05, 4.69) is 20.3 Å². The van der Waals surface area contributed by atoms with Gasteiger partial charge in [-0.2, -0.15) is 4.31 Å². The van der Waals surface area contributed by atoms with Gasteiger partial charge in [-0.15, -0.1) is 0 Å². The standard InChI is InChI=1S/C15H17N5O4S2/c1-3-24-10-4-5-11-12(6-10)25-15(18-11)19-13(21)8-20(2)26(22,23)14-7-16-9-17-14/h4-7,9H,3,8H2,1-2H3,(H,16,17)(H,18,19,21). The second-order valence-corrected chi connectivity index (χ2v) is 8.35. The molecule has 26 heavy (non-hydrogen) atoms. The number of carbonyl (C=O) groups is 1. The fraction of sp³-hybridized carbons (Fsp3) is 0.267. The molecule has 138 valence electrons. The Kier molecular flexibility index (Phi) is 5.20. The minimum atomic E-state index is -3.80. The predicted octanol–water partition coefficient (Wildman–Crippen LogP) is 1.68. The lowest BCUT2D eigenvalue weighted by molar-refractivity contribution is -0.116. The molecule has 0 atom stereocenters. The van der Waals surface area contributed by atoms with Crippen molar-refractivity contribution in [3.05, 3.63) is 30.7 Å². The Morgan fingerprint density at radius 3 is 2.92 bits per heavy atom. The highest BCUT2D eigenvalue weighted by molar-refractivity contribution is 7.89. The highest BCUT2D eigenvalue weighted by Gasteiger charge is 2.24. The number of imidazole rings is 1. The lowest BCUT2D eigenvalue weighted by atomic mass is 10.3. The third-order valence-electron chi connectivity index (χ3n) is 3.44. The Hall–Kier alpha value is -2.50. The molecule has 2 heterocycles. The Morgan fingerprint density at radius 2 is 2.23 bits per heavy atom. The van der Waals surface area contributed by atoms with Crippen LogP contribution in [0.25, 0.3) is 10.2 Å². The number of benzene rings is 1. The number of hydrogen-bond donors (Lipinski definition) is 2. The molecule has 0 spiro atoms. The van der Waals surface area contributed by atoms with Gasteiger partial charge in [-0.3, -0.25) is 4.79 Å². The van der Waals surface area contributed by atoms with Crippen LogP contribution < -0.4 is 10.1 Å². The topological polar surface area (TPSA) is 117 Å². The second-order valence-electron chi connectivity index (χ2n) is 5.31. The van der Waals surface area contributed by atoms with Gasteiger partial charge in [0.1, 0.15) is 5.75 Å². The number of amides is 1. The average molecular weight is 395 g/mol. The third-order valence-corrected chi connectivity index (χ3v) is 6.11. The molecule has 0 bridgehead atoms. The smallest absolute Gasteiger partial charge is 0.260 e. The molecule has 11 heteroatoms. The Morgan fingerprint density at radius 1 is 1.42 bits per heavy atom. The molecule has 1 amide bonds. The Bertz CT molecular complexity index is 1010. The van der Waals surface area contributed by atoms with E-state index in [0.29, 0.717) is 11.7 Å². The van der Waals surface area contributed by atoms with Crippen molar-refractivity contribution in [1.29, 1.82) is 0 Å². The molecule has 3 aromatic rings. The molecular formula is C15H17N5O4S2. The maximum Gasteiger partial charge on any atom is 0.260 e. The summed E-state index contributed by atoms with van der Waals surface area (Å²) in [6, 6.07) is 5.46. The molecule has 0 saturated carbocycles. The van der Waals surface area contributed by atoms with Crippen LogP contribution in [0, 0.1) is 0 Å². The number of rotatable bonds is 7. The van der Waals surface area contributed by atoms with Crippen LogP contribution >= 0.6 is 11.3 Å². The number of H-pyrrole nitrogens is 1. The molecule has 0 unspecified atom stereocenters. The van der Waals surface area contributed by atoms with Gasteiger partial charge in [0.15, 0.2) is 10.2 Å². The fourth-order valence-electron chi connectivity index (χ4n) is 2.21. The number of anilines is 1. The number of nitrogens with one attached hydrogen (secondary N) is 2. The van der Waals surface area contributed by atoms with Crippen molar-refractivity contribution in [3.63, 3.8) is 0 Å². The Balaban J connectivity index is 1.69. The van der Waals surface area contributed by atoms with Crippen LogP contribution in [0.5, 0.6) is 5.75 Å². The monoisotopic (exact) mass is 395 g/mol. The van der Waals surface area contributed by atoms with Crippen molar-refractivity contribution in [1.82, 2.24) is 19.3 Å². The first kappa shape index (κ1) is 18.3. The van der Waals surface area contributed by atoms with Crippen LogP contribution in [0.15, 0.2) is 35.7 Å². The van der Waals surface area contributed by atoms with E-state index in [9.17, 15) is 13.2 Å². The van der Waals surface area contributed by atoms with E-state index in [0.717, 1.165) is 20.3 Å². The largest absolute Gasteiger partial charge is 0.494 e. The number of aromatic amines is 1. The molecule has 2 N–H and O–H groups in total. The highest BCUT2D eigenvalue weighted by Crippen LogP contribution is 2.29. The summed E-state index contributed by atoms with van der Waals surface area (Å²) < 4.78 is 31.8. The molecule has 0 aliphatic rings. The number of aromatic nitrogens is 3. The van der Waals surface area contributed by atoms with Gasteiger partial charge in [-0.25, -0.2) is 18.4 Å². The maximum atomic E-state index is 12.3. The number of ether oxygens (including phenoxy) is 1. The van der Waals surface area contributed by atoms with Crippen LogP contribution in [-0.2, 0) is 14.8 Å². The van der Waals surface area contributed by atoms with E-state index in [4.69, 9.17) is 4.74 Å². The molecule has 0 fully saturated rings. The first-order valence-electron chi connectivity index (χ1n) is 7.68. The van der Waals surface area contributed by atoms with Gasteiger partial charge in [0, 0.05) is 7.05 Å². The molecule has 0 radical (unpaired) electrons. The van der Waals surface area contributed by atoms with E-state index >= 15 is 0 Å². The van der Waals surface area contributed by atoms with Crippen molar-refractivity contribution in [2.24, 2.45) is 0 Å². The molecule has 3 rings (SSSR count). The normalized spacial score (nSPS) is 11.8. The van der Waals surface area contributed by atoms with Gasteiger partial charge in [-0.05, 0) is 25.1 Å². The summed E-state index contributed by atoms with van der Waals surface area (Å²) >= 11 is 1.29. The summed E-state index contributed by atoms with van der Waals surface area (Å²) in [6.45, 7) is 2.11. The quantitative estimate of drug-likeness (QED) is 0.628. The zero-order valence-electron chi connectivity index (χ0n) is 14.1. The van der Waals surface area contributed by atoms with Crippen molar-refractivity contribution in [3.8, 4) is 5.75 Å². The van der Waals surface area contributed by atoms with Crippen LogP contribution in [-0.4, -0.2) is 53.8 Å².